The summed E-state index contributed by atoms with van der Waals surface area (Å²) in [6.07, 6.45) is 1.49. The molecule has 22 heavy (non-hydrogen) atoms. The fraction of sp³-hybridized carbons (Fsp3) is 0.143. The normalized spacial score (nSPS) is 14.7. The molecule has 0 spiro atoms. The zero-order valence-electron chi connectivity index (χ0n) is 11.3. The lowest BCUT2D eigenvalue weighted by Crippen LogP contribution is -2.32. The van der Waals surface area contributed by atoms with Crippen LogP contribution < -0.4 is 4.90 Å². The molecule has 3 amide bonds. The van der Waals surface area contributed by atoms with Gasteiger partial charge in [-0.2, -0.15) is 0 Å². The SMILES string of the molecule is O=C1CN(Cc2ccco2)C(=O)N1c1ccc([N+](=O)[O-])cc1. The Balaban J connectivity index is 1.80. The Morgan fingerprint density at radius 2 is 1.91 bits per heavy atom. The number of amides is 3. The molecule has 3 rings (SSSR count). The summed E-state index contributed by atoms with van der Waals surface area (Å²) in [5.41, 5.74) is 0.206. The van der Waals surface area contributed by atoms with E-state index in [0.717, 1.165) is 4.90 Å². The van der Waals surface area contributed by atoms with Gasteiger partial charge in [0.15, 0.2) is 0 Å². The van der Waals surface area contributed by atoms with Crippen molar-refractivity contribution >= 4 is 23.3 Å². The first-order chi connectivity index (χ1) is 10.6. The Hall–Kier alpha value is -3.16. The first-order valence-electron chi connectivity index (χ1n) is 6.45. The number of urea groups is 1. The first-order valence-corrected chi connectivity index (χ1v) is 6.45. The number of rotatable bonds is 4. The van der Waals surface area contributed by atoms with E-state index in [1.54, 1.807) is 12.1 Å². The topological polar surface area (TPSA) is 96.9 Å². The van der Waals surface area contributed by atoms with Crippen LogP contribution in [0.4, 0.5) is 16.2 Å². The van der Waals surface area contributed by atoms with Crippen molar-refractivity contribution in [3.8, 4) is 0 Å². The van der Waals surface area contributed by atoms with E-state index in [1.807, 2.05) is 0 Å². The molecular weight excluding hydrogens is 290 g/mol. The first kappa shape index (κ1) is 13.8. The molecule has 0 N–H and O–H groups in total. The average Bonchev–Trinajstić information content (AvgIpc) is 3.09. The third-order valence-electron chi connectivity index (χ3n) is 3.28. The minimum absolute atomic E-state index is 0.0590. The monoisotopic (exact) mass is 301 g/mol. The van der Waals surface area contributed by atoms with Gasteiger partial charge in [-0.05, 0) is 24.3 Å². The van der Waals surface area contributed by atoms with Gasteiger partial charge in [0.1, 0.15) is 12.3 Å². The number of carbonyl (C=O) groups is 2. The van der Waals surface area contributed by atoms with Crippen LogP contribution in [0.5, 0.6) is 0 Å². The highest BCUT2D eigenvalue weighted by molar-refractivity contribution is 6.19. The summed E-state index contributed by atoms with van der Waals surface area (Å²) < 4.78 is 5.16. The van der Waals surface area contributed by atoms with Gasteiger partial charge in [0.05, 0.1) is 23.4 Å². The van der Waals surface area contributed by atoms with Gasteiger partial charge in [0.25, 0.3) is 11.6 Å². The van der Waals surface area contributed by atoms with E-state index < -0.39 is 11.0 Å². The van der Waals surface area contributed by atoms with Crippen LogP contribution in [0, 0.1) is 10.1 Å². The summed E-state index contributed by atoms with van der Waals surface area (Å²) in [6.45, 7) is 0.136. The molecule has 0 bridgehead atoms. The average molecular weight is 301 g/mol. The van der Waals surface area contributed by atoms with Crippen LogP contribution in [-0.4, -0.2) is 28.3 Å². The third kappa shape index (κ3) is 2.41. The summed E-state index contributed by atoms with van der Waals surface area (Å²) in [6, 6.07) is 8.21. The Bertz CT molecular complexity index is 723. The Labute approximate surface area is 124 Å². The second-order valence-electron chi connectivity index (χ2n) is 4.72. The van der Waals surface area contributed by atoms with Crippen molar-refractivity contribution in [2.45, 2.75) is 6.54 Å². The quantitative estimate of drug-likeness (QED) is 0.489. The molecule has 1 aromatic heterocycles. The Morgan fingerprint density at radius 1 is 1.18 bits per heavy atom. The number of imide groups is 1. The minimum atomic E-state index is -0.541. The van der Waals surface area contributed by atoms with Crippen molar-refractivity contribution in [3.63, 3.8) is 0 Å². The van der Waals surface area contributed by atoms with Gasteiger partial charge in [-0.15, -0.1) is 0 Å². The van der Waals surface area contributed by atoms with Crippen molar-refractivity contribution in [1.82, 2.24) is 4.90 Å². The van der Waals surface area contributed by atoms with Gasteiger partial charge in [-0.1, -0.05) is 0 Å². The minimum Gasteiger partial charge on any atom is -0.467 e. The molecule has 0 atom stereocenters. The molecular formula is C14H11N3O5. The van der Waals surface area contributed by atoms with Gasteiger partial charge in [-0.3, -0.25) is 14.9 Å². The molecule has 0 saturated carbocycles. The smallest absolute Gasteiger partial charge is 0.332 e. The zero-order chi connectivity index (χ0) is 15.7. The van der Waals surface area contributed by atoms with Crippen molar-refractivity contribution in [2.75, 3.05) is 11.4 Å². The molecule has 0 aliphatic carbocycles. The number of benzene rings is 1. The molecule has 8 heteroatoms. The summed E-state index contributed by atoms with van der Waals surface area (Å²) in [5, 5.41) is 10.6. The van der Waals surface area contributed by atoms with Crippen LogP contribution in [0.15, 0.2) is 47.1 Å². The second-order valence-corrected chi connectivity index (χ2v) is 4.72. The fourth-order valence-corrected chi connectivity index (χ4v) is 2.24. The van der Waals surface area contributed by atoms with Crippen LogP contribution in [0.2, 0.25) is 0 Å². The van der Waals surface area contributed by atoms with Crippen LogP contribution >= 0.6 is 0 Å². The number of carbonyl (C=O) groups excluding carboxylic acids is 2. The fourth-order valence-electron chi connectivity index (χ4n) is 2.24. The van der Waals surface area contributed by atoms with Gasteiger partial charge in [0.2, 0.25) is 0 Å². The lowest BCUT2D eigenvalue weighted by Gasteiger charge is -2.16. The second kappa shape index (κ2) is 5.32. The predicted molar refractivity (Wildman–Crippen MR) is 75.1 cm³/mol. The molecule has 2 aromatic rings. The summed E-state index contributed by atoms with van der Waals surface area (Å²) in [5.74, 6) is 0.192. The molecule has 1 aliphatic heterocycles. The molecule has 1 fully saturated rings. The van der Waals surface area contributed by atoms with E-state index in [-0.39, 0.29) is 24.7 Å². The molecule has 1 saturated heterocycles. The molecule has 2 heterocycles. The lowest BCUT2D eigenvalue weighted by atomic mass is 10.2. The highest BCUT2D eigenvalue weighted by Gasteiger charge is 2.37. The maximum atomic E-state index is 12.3. The molecule has 1 aromatic carbocycles. The van der Waals surface area contributed by atoms with E-state index in [0.29, 0.717) is 11.4 Å². The largest absolute Gasteiger partial charge is 0.467 e. The van der Waals surface area contributed by atoms with Crippen molar-refractivity contribution < 1.29 is 18.9 Å². The van der Waals surface area contributed by atoms with Gasteiger partial charge in [-0.25, -0.2) is 9.69 Å². The van der Waals surface area contributed by atoms with Gasteiger partial charge < -0.3 is 9.32 Å². The van der Waals surface area contributed by atoms with E-state index in [9.17, 15) is 19.7 Å². The molecule has 0 unspecified atom stereocenters. The number of nitro benzene ring substituents is 1. The van der Waals surface area contributed by atoms with Crippen molar-refractivity contribution in [2.24, 2.45) is 0 Å². The number of anilines is 1. The molecule has 112 valence electrons. The van der Waals surface area contributed by atoms with Crippen LogP contribution in [0.3, 0.4) is 0 Å². The van der Waals surface area contributed by atoms with Crippen molar-refractivity contribution in [3.05, 3.63) is 58.5 Å². The lowest BCUT2D eigenvalue weighted by molar-refractivity contribution is -0.384. The van der Waals surface area contributed by atoms with Gasteiger partial charge in [0, 0.05) is 12.1 Å². The number of hydrogen-bond acceptors (Lipinski definition) is 5. The molecule has 8 nitrogen and oxygen atoms in total. The van der Waals surface area contributed by atoms with Crippen LogP contribution in [0.1, 0.15) is 5.76 Å². The summed E-state index contributed by atoms with van der Waals surface area (Å²) >= 11 is 0. The van der Waals surface area contributed by atoms with Crippen LogP contribution in [0.25, 0.3) is 0 Å². The number of non-ortho nitro benzene ring substituents is 1. The standard InChI is InChI=1S/C14H11N3O5/c18-13-9-15(8-12-2-1-7-22-12)14(19)16(13)10-3-5-11(6-4-10)17(20)21/h1-7H,8-9H2. The van der Waals surface area contributed by atoms with Crippen LogP contribution in [-0.2, 0) is 11.3 Å². The molecule has 0 radical (unpaired) electrons. The number of furan rings is 1. The van der Waals surface area contributed by atoms with Crippen molar-refractivity contribution in [1.29, 1.82) is 0 Å². The highest BCUT2D eigenvalue weighted by atomic mass is 16.6. The highest BCUT2D eigenvalue weighted by Crippen LogP contribution is 2.25. The number of nitro groups is 1. The Kier molecular flexibility index (Phi) is 3.34. The van der Waals surface area contributed by atoms with E-state index in [2.05, 4.69) is 0 Å². The number of hydrogen-bond donors (Lipinski definition) is 0. The summed E-state index contributed by atoms with van der Waals surface area (Å²) in [4.78, 5) is 36.8. The maximum Gasteiger partial charge on any atom is 0.332 e. The number of nitrogens with zero attached hydrogens (tertiary/aromatic N) is 3. The Morgan fingerprint density at radius 3 is 2.50 bits per heavy atom. The zero-order valence-corrected chi connectivity index (χ0v) is 11.3. The predicted octanol–water partition coefficient (Wildman–Crippen LogP) is 2.16. The van der Waals surface area contributed by atoms with E-state index in [1.165, 1.54) is 35.4 Å². The maximum absolute atomic E-state index is 12.3. The third-order valence-corrected chi connectivity index (χ3v) is 3.28. The van der Waals surface area contributed by atoms with Gasteiger partial charge >= 0.3 is 6.03 Å². The van der Waals surface area contributed by atoms with E-state index in [4.69, 9.17) is 4.42 Å². The molecule has 1 aliphatic rings. The summed E-state index contributed by atoms with van der Waals surface area (Å²) in [7, 11) is 0. The van der Waals surface area contributed by atoms with E-state index >= 15 is 0 Å².